The second-order valence-electron chi connectivity index (χ2n) is 11.1. The Kier molecular flexibility index (Phi) is 10.1. The lowest BCUT2D eigenvalue weighted by atomic mass is 9.63. The van der Waals surface area contributed by atoms with E-state index < -0.39 is 47.2 Å². The minimum atomic E-state index is -1.44. The molecule has 11 heteroatoms. The molecule has 1 aliphatic rings. The third-order valence-electron chi connectivity index (χ3n) is 8.59. The number of nitrogens with zero attached hydrogens (tertiary/aromatic N) is 1. The summed E-state index contributed by atoms with van der Waals surface area (Å²) < 4.78 is 23.9. The Balaban J connectivity index is 1.62. The lowest BCUT2D eigenvalue weighted by Crippen LogP contribution is -2.51. The molecule has 2 heterocycles. The fraction of sp³-hybridized carbons (Fsp3) is 0.343. The average molecular weight is 631 g/mol. The predicted molar refractivity (Wildman–Crippen MR) is 169 cm³/mol. The molecule has 1 fully saturated rings. The first-order valence-electron chi connectivity index (χ1n) is 15.0. The van der Waals surface area contributed by atoms with Crippen molar-refractivity contribution in [2.45, 2.75) is 55.6 Å². The topological polar surface area (TPSA) is 149 Å². The van der Waals surface area contributed by atoms with Gasteiger partial charge in [-0.15, -0.1) is 0 Å². The molecule has 3 aromatic carbocycles. The zero-order valence-electron chi connectivity index (χ0n) is 25.9. The standard InChI is InChI=1S/C35H38N2O9/c1-43-27-17-9-7-15-24(27)35(23-13-5-4-6-14-23,25-16-8-10-18-28(25)44-2)32(40)31-26(38)20-29(46-31)37-21-22(33(41)36-34(37)42)12-11-19-30(39)45-3/h4-10,13-18,21,26,29,31-32,38,40H,11-12,19-20H2,1-3H3,(H,36,41,42)/t26-,29+,31-,32?/m0/s1. The van der Waals surface area contributed by atoms with Crippen LogP contribution in [0.25, 0.3) is 0 Å². The number of hydrogen-bond acceptors (Lipinski definition) is 9. The van der Waals surface area contributed by atoms with Gasteiger partial charge in [-0.1, -0.05) is 66.7 Å². The number of ether oxygens (including phenoxy) is 4. The second kappa shape index (κ2) is 14.2. The lowest BCUT2D eigenvalue weighted by molar-refractivity contribution is -0.140. The van der Waals surface area contributed by atoms with Crippen LogP contribution in [0.5, 0.6) is 11.5 Å². The highest BCUT2D eigenvalue weighted by molar-refractivity contribution is 5.69. The molecule has 242 valence electrons. The first kappa shape index (κ1) is 32.7. The first-order valence-corrected chi connectivity index (χ1v) is 15.0. The quantitative estimate of drug-likeness (QED) is 0.159. The molecule has 0 bridgehead atoms. The summed E-state index contributed by atoms with van der Waals surface area (Å²) >= 11 is 0. The highest BCUT2D eigenvalue weighted by Crippen LogP contribution is 2.51. The van der Waals surface area contributed by atoms with E-state index in [4.69, 9.17) is 14.2 Å². The van der Waals surface area contributed by atoms with Gasteiger partial charge in [-0.3, -0.25) is 19.1 Å². The van der Waals surface area contributed by atoms with E-state index in [0.717, 1.165) is 0 Å². The van der Waals surface area contributed by atoms with Gasteiger partial charge in [0.15, 0.2) is 0 Å². The summed E-state index contributed by atoms with van der Waals surface area (Å²) in [5.41, 5.74) is -0.523. The van der Waals surface area contributed by atoms with E-state index >= 15 is 0 Å². The van der Waals surface area contributed by atoms with E-state index in [2.05, 4.69) is 9.72 Å². The third kappa shape index (κ3) is 6.09. The van der Waals surface area contributed by atoms with Crippen LogP contribution in [-0.2, 0) is 26.1 Å². The molecule has 4 aromatic rings. The number of para-hydroxylation sites is 2. The molecule has 1 saturated heterocycles. The van der Waals surface area contributed by atoms with E-state index in [1.54, 1.807) is 26.4 Å². The van der Waals surface area contributed by atoms with E-state index in [1.807, 2.05) is 66.7 Å². The molecule has 5 rings (SSSR count). The van der Waals surface area contributed by atoms with E-state index in [0.29, 0.717) is 34.6 Å². The number of H-pyrrole nitrogens is 1. The molecule has 0 spiro atoms. The van der Waals surface area contributed by atoms with Crippen molar-refractivity contribution in [1.29, 1.82) is 0 Å². The normalized spacial score (nSPS) is 18.6. The van der Waals surface area contributed by atoms with Gasteiger partial charge in [0.1, 0.15) is 29.9 Å². The van der Waals surface area contributed by atoms with Crippen molar-refractivity contribution in [2.24, 2.45) is 0 Å². The van der Waals surface area contributed by atoms with Crippen molar-refractivity contribution < 1.29 is 34.0 Å². The molecule has 0 amide bonds. The number of carbonyl (C=O) groups is 1. The molecule has 0 aliphatic carbocycles. The van der Waals surface area contributed by atoms with Crippen LogP contribution in [0, 0.1) is 0 Å². The number of aryl methyl sites for hydroxylation is 1. The monoisotopic (exact) mass is 630 g/mol. The Morgan fingerprint density at radius 1 is 0.957 bits per heavy atom. The number of nitrogens with one attached hydrogen (secondary N) is 1. The number of aromatic amines is 1. The second-order valence-corrected chi connectivity index (χ2v) is 11.1. The maximum Gasteiger partial charge on any atom is 0.330 e. The van der Waals surface area contributed by atoms with Gasteiger partial charge in [-0.05, 0) is 30.5 Å². The molecule has 0 radical (unpaired) electrons. The smallest absolute Gasteiger partial charge is 0.330 e. The molecule has 46 heavy (non-hydrogen) atoms. The van der Waals surface area contributed by atoms with Crippen molar-refractivity contribution >= 4 is 5.97 Å². The van der Waals surface area contributed by atoms with Gasteiger partial charge < -0.3 is 29.2 Å². The van der Waals surface area contributed by atoms with Crippen LogP contribution >= 0.6 is 0 Å². The summed E-state index contributed by atoms with van der Waals surface area (Å²) in [6.07, 6.45) is -2.88. The minimum Gasteiger partial charge on any atom is -0.496 e. The predicted octanol–water partition coefficient (Wildman–Crippen LogP) is 3.09. The fourth-order valence-corrected chi connectivity index (χ4v) is 6.41. The Hall–Kier alpha value is -4.71. The van der Waals surface area contributed by atoms with Gasteiger partial charge in [0.2, 0.25) is 0 Å². The Bertz CT molecular complexity index is 1720. The fourth-order valence-electron chi connectivity index (χ4n) is 6.41. The van der Waals surface area contributed by atoms with Gasteiger partial charge in [0.25, 0.3) is 5.56 Å². The molecule has 3 N–H and O–H groups in total. The lowest BCUT2D eigenvalue weighted by Gasteiger charge is -2.43. The number of carbonyl (C=O) groups excluding carboxylic acids is 1. The summed E-state index contributed by atoms with van der Waals surface area (Å²) in [5, 5.41) is 24.2. The average Bonchev–Trinajstić information content (AvgIpc) is 3.47. The number of hydrogen-bond donors (Lipinski definition) is 3. The van der Waals surface area contributed by atoms with Crippen LogP contribution in [0.15, 0.2) is 94.6 Å². The Morgan fingerprint density at radius 3 is 2.13 bits per heavy atom. The van der Waals surface area contributed by atoms with Crippen molar-refractivity contribution in [3.63, 3.8) is 0 Å². The molecular weight excluding hydrogens is 592 g/mol. The maximum absolute atomic E-state index is 13.0. The summed E-state index contributed by atoms with van der Waals surface area (Å²) in [4.78, 5) is 39.5. The molecule has 1 aliphatic heterocycles. The maximum atomic E-state index is 13.0. The van der Waals surface area contributed by atoms with Gasteiger partial charge in [0.05, 0.1) is 32.8 Å². The third-order valence-corrected chi connectivity index (χ3v) is 8.59. The van der Waals surface area contributed by atoms with E-state index in [-0.39, 0.29) is 24.8 Å². The van der Waals surface area contributed by atoms with Crippen molar-refractivity contribution in [2.75, 3.05) is 21.3 Å². The molecule has 1 unspecified atom stereocenters. The van der Waals surface area contributed by atoms with Crippen LogP contribution in [0.2, 0.25) is 0 Å². The number of esters is 1. The molecule has 1 aromatic heterocycles. The zero-order chi connectivity index (χ0) is 32.8. The number of benzene rings is 3. The van der Waals surface area contributed by atoms with Crippen LogP contribution in [0.1, 0.15) is 47.7 Å². The Labute approximate surface area is 266 Å². The van der Waals surface area contributed by atoms with Crippen molar-refractivity contribution in [3.8, 4) is 11.5 Å². The van der Waals surface area contributed by atoms with Crippen molar-refractivity contribution in [3.05, 3.63) is 128 Å². The summed E-state index contributed by atoms with van der Waals surface area (Å²) in [6, 6.07) is 24.0. The molecule has 0 saturated carbocycles. The minimum absolute atomic E-state index is 0.0437. The zero-order valence-corrected chi connectivity index (χ0v) is 25.9. The number of methoxy groups -OCH3 is 3. The molecule has 4 atom stereocenters. The summed E-state index contributed by atoms with van der Waals surface area (Å²) in [6.45, 7) is 0. The van der Waals surface area contributed by atoms with Crippen LogP contribution in [0.3, 0.4) is 0 Å². The Morgan fingerprint density at radius 2 is 1.54 bits per heavy atom. The number of rotatable bonds is 12. The SMILES string of the molecule is COC(=O)CCCc1cn([C@H]2C[C@H](O)[C@@H](C(O)C(c3ccccc3)(c3ccccc3OC)c3ccccc3OC)O2)c(=O)[nH]c1=O. The van der Waals surface area contributed by atoms with Crippen LogP contribution in [-0.4, -0.2) is 65.4 Å². The molecule has 11 nitrogen and oxygen atoms in total. The number of aliphatic hydroxyl groups is 2. The van der Waals surface area contributed by atoms with Gasteiger partial charge in [-0.2, -0.15) is 0 Å². The number of aliphatic hydroxyl groups excluding tert-OH is 2. The van der Waals surface area contributed by atoms with Gasteiger partial charge >= 0.3 is 11.7 Å². The number of aromatic nitrogens is 2. The van der Waals surface area contributed by atoms with E-state index in [9.17, 15) is 24.6 Å². The highest BCUT2D eigenvalue weighted by Gasteiger charge is 2.54. The first-order chi connectivity index (χ1) is 22.3. The van der Waals surface area contributed by atoms with Gasteiger partial charge in [-0.25, -0.2) is 4.79 Å². The van der Waals surface area contributed by atoms with Gasteiger partial charge in [0, 0.05) is 35.7 Å². The summed E-state index contributed by atoms with van der Waals surface area (Å²) in [7, 11) is 4.38. The van der Waals surface area contributed by atoms with Crippen LogP contribution < -0.4 is 20.7 Å². The molecular formula is C35H38N2O9. The largest absolute Gasteiger partial charge is 0.496 e. The van der Waals surface area contributed by atoms with Crippen LogP contribution in [0.4, 0.5) is 0 Å². The van der Waals surface area contributed by atoms with E-state index in [1.165, 1.54) is 17.9 Å². The summed E-state index contributed by atoms with van der Waals surface area (Å²) in [5.74, 6) is 0.582. The highest BCUT2D eigenvalue weighted by atomic mass is 16.5. The van der Waals surface area contributed by atoms with Crippen molar-refractivity contribution in [1.82, 2.24) is 9.55 Å².